The van der Waals surface area contributed by atoms with Gasteiger partial charge in [-0.25, -0.2) is 18.5 Å². The molecule has 0 saturated heterocycles. The summed E-state index contributed by atoms with van der Waals surface area (Å²) >= 11 is 0. The molecule has 27 heavy (non-hydrogen) atoms. The predicted octanol–water partition coefficient (Wildman–Crippen LogP) is 2.58. The van der Waals surface area contributed by atoms with Crippen LogP contribution in [0.4, 0.5) is 8.78 Å². The third-order valence-corrected chi connectivity index (χ3v) is 4.55. The number of benzene rings is 1. The summed E-state index contributed by atoms with van der Waals surface area (Å²) in [6.07, 6.45) is 2.33. The highest BCUT2D eigenvalue weighted by molar-refractivity contribution is 5.96. The fourth-order valence-electron chi connectivity index (χ4n) is 3.30. The molecule has 1 aromatic carbocycles. The summed E-state index contributed by atoms with van der Waals surface area (Å²) in [6.45, 7) is 2.13. The molecule has 1 unspecified atom stereocenters. The monoisotopic (exact) mass is 370 g/mol. The number of hydrogen-bond acceptors (Lipinski definition) is 3. The number of halogens is 2. The van der Waals surface area contributed by atoms with Gasteiger partial charge in [-0.3, -0.25) is 14.7 Å². The van der Waals surface area contributed by atoms with Crippen molar-refractivity contribution in [2.45, 2.75) is 32.4 Å². The Morgan fingerprint density at radius 2 is 2.00 bits per heavy atom. The molecule has 6 nitrogen and oxygen atoms in total. The highest BCUT2D eigenvalue weighted by atomic mass is 19.1. The summed E-state index contributed by atoms with van der Waals surface area (Å²) in [5.41, 5.74) is 5.21. The first-order chi connectivity index (χ1) is 12.9. The number of rotatable bonds is 4. The van der Waals surface area contributed by atoms with E-state index in [1.165, 1.54) is 27.9 Å². The highest BCUT2D eigenvalue weighted by Gasteiger charge is 2.33. The molecule has 2 aliphatic rings. The Morgan fingerprint density at radius 3 is 2.63 bits per heavy atom. The number of H-pyrrole nitrogens is 1. The maximum atomic E-state index is 13.5. The van der Waals surface area contributed by atoms with Gasteiger partial charge in [0.05, 0.1) is 18.2 Å². The number of aromatic amines is 1. The molecule has 1 aliphatic carbocycles. The van der Waals surface area contributed by atoms with E-state index in [2.05, 4.69) is 15.9 Å². The van der Waals surface area contributed by atoms with Crippen LogP contribution < -0.4 is 5.56 Å². The molecule has 2 heterocycles. The minimum atomic E-state index is -0.693. The van der Waals surface area contributed by atoms with Gasteiger partial charge in [0, 0.05) is 36.9 Å². The zero-order valence-corrected chi connectivity index (χ0v) is 14.5. The lowest BCUT2D eigenvalue weighted by molar-refractivity contribution is -0.129. The minimum Gasteiger partial charge on any atom is -0.300 e. The van der Waals surface area contributed by atoms with E-state index in [0.717, 1.165) is 17.3 Å². The third kappa shape index (κ3) is 3.27. The second-order valence-electron chi connectivity index (χ2n) is 6.65. The number of hydrogen-bond donors (Lipinski definition) is 1. The van der Waals surface area contributed by atoms with E-state index >= 15 is 0 Å². The second-order valence-corrected chi connectivity index (χ2v) is 6.65. The van der Waals surface area contributed by atoms with Gasteiger partial charge in [0.2, 0.25) is 0 Å². The van der Waals surface area contributed by atoms with E-state index in [0.29, 0.717) is 30.5 Å². The standard InChI is InChI=1S/C19H16F2N4O2/c1-11-4-18(26)24(23-11)10-12-5-14(6-12)19(27)25-17(2-3-22-25)13-7-15(20)9-16(21)8-13/h3-4,7-9,17,23H,2,5,10H2,1H3. The molecule has 8 heteroatoms. The molecule has 1 amide bonds. The summed E-state index contributed by atoms with van der Waals surface area (Å²) in [5.74, 6) is -1.74. The zero-order chi connectivity index (χ0) is 19.1. The Bertz CT molecular complexity index is 1070. The Morgan fingerprint density at radius 1 is 1.30 bits per heavy atom. The second kappa shape index (κ2) is 6.48. The topological polar surface area (TPSA) is 70.5 Å². The van der Waals surface area contributed by atoms with Gasteiger partial charge in [-0.05, 0) is 30.2 Å². The molecule has 0 bridgehead atoms. The predicted molar refractivity (Wildman–Crippen MR) is 94.0 cm³/mol. The fraction of sp³-hybridized carbons (Fsp3) is 0.263. The molecule has 4 rings (SSSR count). The fourth-order valence-corrected chi connectivity index (χ4v) is 3.30. The van der Waals surface area contributed by atoms with Crippen LogP contribution in [0.15, 0.2) is 51.0 Å². The number of amides is 1. The van der Waals surface area contributed by atoms with Crippen LogP contribution in [0.25, 0.3) is 0 Å². The van der Waals surface area contributed by atoms with Crippen molar-refractivity contribution in [1.29, 1.82) is 0 Å². The first kappa shape index (κ1) is 17.2. The van der Waals surface area contributed by atoms with Crippen molar-refractivity contribution in [3.8, 4) is 0 Å². The van der Waals surface area contributed by atoms with Crippen LogP contribution in [0, 0.1) is 18.6 Å². The maximum Gasteiger partial charge on any atom is 0.278 e. The van der Waals surface area contributed by atoms with Crippen molar-refractivity contribution >= 4 is 12.1 Å². The molecule has 1 aliphatic heterocycles. The van der Waals surface area contributed by atoms with Gasteiger partial charge in [-0.2, -0.15) is 5.10 Å². The van der Waals surface area contributed by atoms with E-state index < -0.39 is 17.7 Å². The molecule has 2 aromatic rings. The van der Waals surface area contributed by atoms with Crippen molar-refractivity contribution in [2.24, 2.45) is 5.10 Å². The number of nitrogens with one attached hydrogen (secondary N) is 1. The average Bonchev–Trinajstić information content (AvgIpc) is 3.15. The lowest BCUT2D eigenvalue weighted by Crippen LogP contribution is -2.30. The lowest BCUT2D eigenvalue weighted by Gasteiger charge is -2.25. The van der Waals surface area contributed by atoms with Crippen LogP contribution in [-0.2, 0) is 11.3 Å². The van der Waals surface area contributed by atoms with Gasteiger partial charge in [0.15, 0.2) is 0 Å². The Hall–Kier alpha value is -3.25. The van der Waals surface area contributed by atoms with Crippen LogP contribution in [0.3, 0.4) is 0 Å². The molecule has 0 radical (unpaired) electrons. The molecular weight excluding hydrogens is 354 g/mol. The molecule has 138 valence electrons. The summed E-state index contributed by atoms with van der Waals surface area (Å²) in [4.78, 5) is 24.4. The number of aromatic nitrogens is 2. The first-order valence-corrected chi connectivity index (χ1v) is 8.46. The molecule has 1 N–H and O–H groups in total. The molecule has 0 saturated carbocycles. The van der Waals surface area contributed by atoms with Crippen LogP contribution in [-0.4, -0.2) is 26.9 Å². The average molecular weight is 370 g/mol. The van der Waals surface area contributed by atoms with Gasteiger partial charge in [-0.15, -0.1) is 5.73 Å². The van der Waals surface area contributed by atoms with Crippen molar-refractivity contribution in [1.82, 2.24) is 14.8 Å². The number of nitrogens with zero attached hydrogens (tertiary/aromatic N) is 3. The van der Waals surface area contributed by atoms with E-state index in [1.54, 1.807) is 13.1 Å². The maximum absolute atomic E-state index is 13.5. The highest BCUT2D eigenvalue weighted by Crippen LogP contribution is 2.32. The SMILES string of the molecule is Cc1cc(=O)n(CC2=C=C(C(=O)N3N=CCC3c3cc(F)cc(F)c3)C2)[nH]1. The third-order valence-electron chi connectivity index (χ3n) is 4.55. The normalized spacial score (nSPS) is 18.3. The van der Waals surface area contributed by atoms with E-state index in [-0.39, 0.29) is 11.5 Å². The van der Waals surface area contributed by atoms with Gasteiger partial charge >= 0.3 is 0 Å². The Balaban J connectivity index is 1.54. The summed E-state index contributed by atoms with van der Waals surface area (Å²) in [6, 6.07) is 4.16. The van der Waals surface area contributed by atoms with E-state index in [4.69, 9.17) is 0 Å². The van der Waals surface area contributed by atoms with Gasteiger partial charge in [0.25, 0.3) is 11.5 Å². The number of aryl methyl sites for hydroxylation is 1. The zero-order valence-electron chi connectivity index (χ0n) is 14.5. The molecule has 0 spiro atoms. The number of carbonyl (C=O) groups excluding carboxylic acids is 1. The number of hydrazone groups is 1. The van der Waals surface area contributed by atoms with Crippen LogP contribution in [0.5, 0.6) is 0 Å². The molecule has 1 aromatic heterocycles. The van der Waals surface area contributed by atoms with Crippen LogP contribution >= 0.6 is 0 Å². The van der Waals surface area contributed by atoms with E-state index in [9.17, 15) is 18.4 Å². The summed E-state index contributed by atoms with van der Waals surface area (Å²) < 4.78 is 28.5. The van der Waals surface area contributed by atoms with Crippen LogP contribution in [0.1, 0.15) is 30.1 Å². The van der Waals surface area contributed by atoms with Gasteiger partial charge in [0.1, 0.15) is 11.6 Å². The molecule has 0 fully saturated rings. The largest absolute Gasteiger partial charge is 0.300 e. The molecule has 1 atom stereocenters. The summed E-state index contributed by atoms with van der Waals surface area (Å²) in [5, 5.41) is 8.22. The number of carbonyl (C=O) groups is 1. The molecular formula is C19H16F2N4O2. The van der Waals surface area contributed by atoms with Crippen LogP contribution in [0.2, 0.25) is 0 Å². The quantitative estimate of drug-likeness (QED) is 0.841. The van der Waals surface area contributed by atoms with Crippen molar-refractivity contribution < 1.29 is 13.6 Å². The summed E-state index contributed by atoms with van der Waals surface area (Å²) in [7, 11) is 0. The smallest absolute Gasteiger partial charge is 0.278 e. The van der Waals surface area contributed by atoms with Gasteiger partial charge in [-0.1, -0.05) is 0 Å². The van der Waals surface area contributed by atoms with Crippen molar-refractivity contribution in [3.05, 3.63) is 74.4 Å². The Kier molecular flexibility index (Phi) is 4.12. The first-order valence-electron chi connectivity index (χ1n) is 8.46. The van der Waals surface area contributed by atoms with Crippen molar-refractivity contribution in [2.75, 3.05) is 0 Å². The minimum absolute atomic E-state index is 0.140. The van der Waals surface area contributed by atoms with E-state index in [1.807, 2.05) is 0 Å². The van der Waals surface area contributed by atoms with Crippen molar-refractivity contribution in [3.63, 3.8) is 0 Å². The lowest BCUT2D eigenvalue weighted by atomic mass is 9.95. The van der Waals surface area contributed by atoms with Gasteiger partial charge < -0.3 is 0 Å². The Labute approximate surface area is 153 Å².